The smallest absolute Gasteiger partial charge is 0.0507 e. The zero-order chi connectivity index (χ0) is 17.0. The molecule has 0 bridgehead atoms. The third-order valence-electron chi connectivity index (χ3n) is 5.84. The molecule has 2 aliphatic rings. The maximum absolute atomic E-state index is 3.61. The van der Waals surface area contributed by atoms with Gasteiger partial charge in [0.2, 0.25) is 0 Å². The van der Waals surface area contributed by atoms with E-state index in [4.69, 9.17) is 0 Å². The molecule has 4 heteroatoms. The molecule has 3 heterocycles. The first-order valence-corrected chi connectivity index (χ1v) is 11.0. The van der Waals surface area contributed by atoms with Crippen molar-refractivity contribution in [2.75, 3.05) is 6.54 Å². The van der Waals surface area contributed by atoms with Crippen LogP contribution in [0.1, 0.15) is 47.0 Å². The Labute approximate surface area is 161 Å². The fourth-order valence-electron chi connectivity index (χ4n) is 4.82. The summed E-state index contributed by atoms with van der Waals surface area (Å²) in [6.07, 6.45) is 5.11. The second-order valence-corrected chi connectivity index (χ2v) is 9.41. The molecular formula is C21H23BrN2S. The normalized spacial score (nSPS) is 20.6. The number of hydrogen-bond donors (Lipinski definition) is 0. The molecule has 0 amide bonds. The van der Waals surface area contributed by atoms with Crippen molar-refractivity contribution < 1.29 is 0 Å². The van der Waals surface area contributed by atoms with Gasteiger partial charge in [-0.3, -0.25) is 4.90 Å². The van der Waals surface area contributed by atoms with E-state index in [1.165, 1.54) is 58.0 Å². The number of aryl methyl sites for hydroxylation is 3. The first-order valence-electron chi connectivity index (χ1n) is 9.29. The van der Waals surface area contributed by atoms with E-state index in [0.717, 1.165) is 13.1 Å². The van der Waals surface area contributed by atoms with Gasteiger partial charge >= 0.3 is 0 Å². The van der Waals surface area contributed by atoms with Crippen molar-refractivity contribution in [2.45, 2.75) is 51.7 Å². The van der Waals surface area contributed by atoms with Crippen LogP contribution in [0, 0.1) is 6.92 Å². The van der Waals surface area contributed by atoms with Crippen molar-refractivity contribution in [3.05, 3.63) is 55.8 Å². The number of rotatable bonds is 2. The fourth-order valence-corrected chi connectivity index (χ4v) is 6.30. The summed E-state index contributed by atoms with van der Waals surface area (Å²) in [7, 11) is 0. The fraction of sp³-hybridized carbons (Fsp3) is 0.429. The third kappa shape index (κ3) is 2.70. The molecule has 130 valence electrons. The molecule has 0 fully saturated rings. The lowest BCUT2D eigenvalue weighted by molar-refractivity contribution is 0.175. The number of halogens is 1. The van der Waals surface area contributed by atoms with Gasteiger partial charge in [0.05, 0.1) is 6.04 Å². The second kappa shape index (κ2) is 6.26. The summed E-state index contributed by atoms with van der Waals surface area (Å²) in [5.74, 6) is 0. The van der Waals surface area contributed by atoms with Gasteiger partial charge in [0, 0.05) is 51.0 Å². The first kappa shape index (κ1) is 16.1. The number of hydrogen-bond acceptors (Lipinski definition) is 2. The lowest BCUT2D eigenvalue weighted by atomic mass is 9.90. The molecule has 1 aliphatic heterocycles. The molecule has 3 aromatic rings. The van der Waals surface area contributed by atoms with Crippen LogP contribution in [0.15, 0.2) is 34.1 Å². The largest absolute Gasteiger partial charge is 0.343 e. The predicted octanol–water partition coefficient (Wildman–Crippen LogP) is 6.06. The molecule has 5 rings (SSSR count). The molecule has 2 nitrogen and oxygen atoms in total. The molecule has 0 radical (unpaired) electrons. The summed E-state index contributed by atoms with van der Waals surface area (Å²) in [6.45, 7) is 5.67. The summed E-state index contributed by atoms with van der Waals surface area (Å²) >= 11 is 5.49. The Balaban J connectivity index is 1.61. The monoisotopic (exact) mass is 414 g/mol. The molecule has 0 unspecified atom stereocenters. The van der Waals surface area contributed by atoms with Crippen molar-refractivity contribution in [2.24, 2.45) is 0 Å². The molecule has 2 aromatic heterocycles. The van der Waals surface area contributed by atoms with E-state index in [0.29, 0.717) is 6.04 Å². The second-order valence-electron chi connectivity index (χ2n) is 7.50. The molecule has 0 spiro atoms. The van der Waals surface area contributed by atoms with Crippen LogP contribution in [0.5, 0.6) is 0 Å². The molecule has 25 heavy (non-hydrogen) atoms. The van der Waals surface area contributed by atoms with Gasteiger partial charge in [-0.25, -0.2) is 0 Å². The van der Waals surface area contributed by atoms with Crippen LogP contribution in [-0.2, 0) is 19.5 Å². The van der Waals surface area contributed by atoms with Crippen LogP contribution in [0.4, 0.5) is 0 Å². The van der Waals surface area contributed by atoms with Crippen molar-refractivity contribution in [3.8, 4) is 0 Å². The van der Waals surface area contributed by atoms with E-state index >= 15 is 0 Å². The maximum Gasteiger partial charge on any atom is 0.0507 e. The zero-order valence-electron chi connectivity index (χ0n) is 14.6. The van der Waals surface area contributed by atoms with Crippen molar-refractivity contribution in [1.29, 1.82) is 0 Å². The van der Waals surface area contributed by atoms with Crippen LogP contribution in [-0.4, -0.2) is 16.0 Å². The zero-order valence-corrected chi connectivity index (χ0v) is 17.0. The number of aromatic nitrogens is 1. The number of thiophene rings is 1. The van der Waals surface area contributed by atoms with Gasteiger partial charge in [-0.1, -0.05) is 11.6 Å². The van der Waals surface area contributed by atoms with Gasteiger partial charge in [0.25, 0.3) is 0 Å². The maximum atomic E-state index is 3.61. The van der Waals surface area contributed by atoms with Crippen LogP contribution < -0.4 is 0 Å². The Morgan fingerprint density at radius 2 is 2.12 bits per heavy atom. The SMILES string of the molecule is Cc1ccc2c(c1)c1c3n2CCCN(Cc2cc(Br)cs2)[C@@H]3CCC1. The van der Waals surface area contributed by atoms with Gasteiger partial charge < -0.3 is 4.57 Å². The summed E-state index contributed by atoms with van der Waals surface area (Å²) in [5, 5.41) is 3.72. The molecule has 0 saturated heterocycles. The minimum Gasteiger partial charge on any atom is -0.343 e. The first-order chi connectivity index (χ1) is 12.2. The molecule has 1 aliphatic carbocycles. The molecule has 0 N–H and O–H groups in total. The quantitative estimate of drug-likeness (QED) is 0.494. The van der Waals surface area contributed by atoms with Crippen molar-refractivity contribution >= 4 is 38.2 Å². The highest BCUT2D eigenvalue weighted by molar-refractivity contribution is 9.10. The van der Waals surface area contributed by atoms with Crippen molar-refractivity contribution in [1.82, 2.24) is 9.47 Å². The van der Waals surface area contributed by atoms with Crippen LogP contribution in [0.2, 0.25) is 0 Å². The highest BCUT2D eigenvalue weighted by Crippen LogP contribution is 2.43. The van der Waals surface area contributed by atoms with Crippen molar-refractivity contribution in [3.63, 3.8) is 0 Å². The Kier molecular flexibility index (Phi) is 4.03. The van der Waals surface area contributed by atoms with Gasteiger partial charge in [-0.05, 0) is 72.3 Å². The topological polar surface area (TPSA) is 8.17 Å². The van der Waals surface area contributed by atoms with Gasteiger partial charge in [-0.2, -0.15) is 0 Å². The average molecular weight is 415 g/mol. The van der Waals surface area contributed by atoms with E-state index in [9.17, 15) is 0 Å². The van der Waals surface area contributed by atoms with E-state index in [1.807, 2.05) is 11.3 Å². The summed E-state index contributed by atoms with van der Waals surface area (Å²) < 4.78 is 3.87. The Morgan fingerprint density at radius 1 is 1.20 bits per heavy atom. The highest BCUT2D eigenvalue weighted by atomic mass is 79.9. The van der Waals surface area contributed by atoms with E-state index in [-0.39, 0.29) is 0 Å². The average Bonchev–Trinajstić information content (AvgIpc) is 3.09. The third-order valence-corrected chi connectivity index (χ3v) is 7.52. The van der Waals surface area contributed by atoms with Gasteiger partial charge in [0.15, 0.2) is 0 Å². The summed E-state index contributed by atoms with van der Waals surface area (Å²) in [4.78, 5) is 4.21. The molecule has 1 aromatic carbocycles. The van der Waals surface area contributed by atoms with E-state index < -0.39 is 0 Å². The minimum atomic E-state index is 0.583. The van der Waals surface area contributed by atoms with Crippen LogP contribution in [0.3, 0.4) is 0 Å². The Bertz CT molecular complexity index is 935. The Hall–Kier alpha value is -1.10. The minimum absolute atomic E-state index is 0.583. The lowest BCUT2D eigenvalue weighted by Crippen LogP contribution is -2.30. The van der Waals surface area contributed by atoms with Crippen LogP contribution >= 0.6 is 27.3 Å². The number of fused-ring (bicyclic) bond motifs is 3. The lowest BCUT2D eigenvalue weighted by Gasteiger charge is -2.33. The summed E-state index contributed by atoms with van der Waals surface area (Å²) in [5.41, 5.74) is 6.10. The van der Waals surface area contributed by atoms with E-state index in [1.54, 1.807) is 11.3 Å². The van der Waals surface area contributed by atoms with E-state index in [2.05, 4.69) is 62.0 Å². The molecular weight excluding hydrogens is 392 g/mol. The number of nitrogens with zero attached hydrogens (tertiary/aromatic N) is 2. The summed E-state index contributed by atoms with van der Waals surface area (Å²) in [6, 6.07) is 9.91. The predicted molar refractivity (Wildman–Crippen MR) is 109 cm³/mol. The Morgan fingerprint density at radius 3 is 2.96 bits per heavy atom. The highest BCUT2D eigenvalue weighted by Gasteiger charge is 2.33. The molecule has 1 atom stereocenters. The van der Waals surface area contributed by atoms with Gasteiger partial charge in [-0.15, -0.1) is 11.3 Å². The van der Waals surface area contributed by atoms with Crippen LogP contribution in [0.25, 0.3) is 10.9 Å². The van der Waals surface area contributed by atoms with Gasteiger partial charge in [0.1, 0.15) is 0 Å². The molecule has 0 saturated carbocycles. The standard InChI is InChI=1S/C21H23BrN2S/c1-14-6-7-19-18(10-14)17-4-2-5-20-21(17)24(19)9-3-8-23(20)12-16-11-15(22)13-25-16/h6-7,10-11,13,20H,2-5,8-9,12H2,1H3/t20-/m1/s1. The number of benzene rings is 1.